The number of nitrogen functional groups attached to an aromatic ring is 1. The topological polar surface area (TPSA) is 84.5 Å². The summed E-state index contributed by atoms with van der Waals surface area (Å²) in [5, 5.41) is 4.33. The van der Waals surface area contributed by atoms with E-state index in [1.807, 2.05) is 38.1 Å². The van der Waals surface area contributed by atoms with Gasteiger partial charge >= 0.3 is 0 Å². The normalized spacial score (nSPS) is 12.0. The van der Waals surface area contributed by atoms with Gasteiger partial charge in [-0.1, -0.05) is 29.8 Å². The number of hydrogen-bond donors (Lipinski definition) is 2. The molecule has 0 aliphatic rings. The van der Waals surface area contributed by atoms with E-state index >= 15 is 0 Å². The first-order valence-corrected chi connectivity index (χ1v) is 9.92. The third-order valence-electron chi connectivity index (χ3n) is 4.15. The molecular formula is C21H21N3O2S. The first-order chi connectivity index (χ1) is 12.9. The van der Waals surface area contributed by atoms with Gasteiger partial charge in [-0.15, -0.1) is 0 Å². The van der Waals surface area contributed by atoms with Crippen molar-refractivity contribution in [3.63, 3.8) is 0 Å². The summed E-state index contributed by atoms with van der Waals surface area (Å²) < 4.78 is 25.4. The first kappa shape index (κ1) is 18.7. The van der Waals surface area contributed by atoms with Crippen molar-refractivity contribution in [2.75, 3.05) is 11.2 Å². The zero-order valence-electron chi connectivity index (χ0n) is 15.2. The van der Waals surface area contributed by atoms with Crippen LogP contribution < -0.4 is 11.2 Å². The molecule has 0 fully saturated rings. The highest BCUT2D eigenvalue weighted by Gasteiger charge is 2.17. The number of aryl methyl sites for hydroxylation is 1. The van der Waals surface area contributed by atoms with E-state index in [4.69, 9.17) is 5.73 Å². The Morgan fingerprint density at radius 1 is 0.926 bits per heavy atom. The van der Waals surface area contributed by atoms with Crippen LogP contribution in [0.2, 0.25) is 0 Å². The number of benzene rings is 3. The molecule has 138 valence electrons. The number of sulfone groups is 1. The van der Waals surface area contributed by atoms with E-state index in [-0.39, 0.29) is 9.79 Å². The minimum Gasteiger partial charge on any atom is -0.399 e. The molecule has 3 aromatic rings. The van der Waals surface area contributed by atoms with E-state index in [2.05, 4.69) is 10.5 Å². The molecule has 3 aromatic carbocycles. The number of hydrogen-bond acceptors (Lipinski definition) is 5. The summed E-state index contributed by atoms with van der Waals surface area (Å²) in [6.07, 6.45) is 0. The lowest BCUT2D eigenvalue weighted by molar-refractivity contribution is 0.596. The van der Waals surface area contributed by atoms with E-state index in [0.29, 0.717) is 11.4 Å². The van der Waals surface area contributed by atoms with Crippen molar-refractivity contribution in [2.45, 2.75) is 23.6 Å². The molecule has 0 atom stereocenters. The van der Waals surface area contributed by atoms with Crippen LogP contribution in [0.3, 0.4) is 0 Å². The lowest BCUT2D eigenvalue weighted by Crippen LogP contribution is -2.03. The number of nitrogens with one attached hydrogen (secondary N) is 1. The first-order valence-electron chi connectivity index (χ1n) is 8.44. The second-order valence-corrected chi connectivity index (χ2v) is 8.23. The summed E-state index contributed by atoms with van der Waals surface area (Å²) in [6, 6.07) is 20.8. The molecule has 0 saturated carbocycles. The summed E-state index contributed by atoms with van der Waals surface area (Å²) in [5.41, 5.74) is 12.8. The number of rotatable bonds is 5. The Hall–Kier alpha value is -3.12. The summed E-state index contributed by atoms with van der Waals surface area (Å²) in [7, 11) is -3.53. The Kier molecular flexibility index (Phi) is 5.28. The Labute approximate surface area is 159 Å². The largest absolute Gasteiger partial charge is 0.399 e. The molecule has 3 rings (SSSR count). The lowest BCUT2D eigenvalue weighted by Gasteiger charge is -2.07. The Bertz CT molecular complexity index is 1070. The second-order valence-electron chi connectivity index (χ2n) is 6.28. The van der Waals surface area contributed by atoms with E-state index in [9.17, 15) is 8.42 Å². The summed E-state index contributed by atoms with van der Waals surface area (Å²) in [4.78, 5) is 0.526. The maximum Gasteiger partial charge on any atom is 0.206 e. The van der Waals surface area contributed by atoms with Crippen LogP contribution >= 0.6 is 0 Å². The maximum absolute atomic E-state index is 12.7. The van der Waals surface area contributed by atoms with Crippen molar-refractivity contribution in [1.82, 2.24) is 0 Å². The third kappa shape index (κ3) is 4.35. The van der Waals surface area contributed by atoms with Crippen molar-refractivity contribution in [1.29, 1.82) is 0 Å². The molecule has 0 bridgehead atoms. The van der Waals surface area contributed by atoms with Crippen LogP contribution in [0, 0.1) is 6.92 Å². The van der Waals surface area contributed by atoms with Crippen LogP contribution in [0.15, 0.2) is 87.7 Å². The number of hydrazone groups is 1. The van der Waals surface area contributed by atoms with E-state index in [1.165, 1.54) is 0 Å². The second kappa shape index (κ2) is 7.63. The highest BCUT2D eigenvalue weighted by molar-refractivity contribution is 7.91. The molecule has 27 heavy (non-hydrogen) atoms. The van der Waals surface area contributed by atoms with Crippen molar-refractivity contribution in [3.05, 3.63) is 83.9 Å². The molecule has 0 aromatic heterocycles. The van der Waals surface area contributed by atoms with Gasteiger partial charge in [-0.2, -0.15) is 5.10 Å². The molecule has 0 aliphatic heterocycles. The average molecular weight is 379 g/mol. The van der Waals surface area contributed by atoms with Gasteiger partial charge in [0.25, 0.3) is 0 Å². The van der Waals surface area contributed by atoms with Crippen LogP contribution in [0.4, 0.5) is 11.4 Å². The molecule has 5 nitrogen and oxygen atoms in total. The van der Waals surface area contributed by atoms with Gasteiger partial charge in [0.05, 0.1) is 21.2 Å². The Morgan fingerprint density at radius 2 is 1.52 bits per heavy atom. The standard InChI is InChI=1S/C21H21N3O2S/c1-15-6-10-20(11-7-15)27(25,26)21-12-8-19(9-13-21)24-23-16(2)17-4-3-5-18(22)14-17/h3-14,24H,22H2,1-2H3/b23-16-. The van der Waals surface area contributed by atoms with E-state index in [1.54, 1.807) is 48.5 Å². The minimum atomic E-state index is -3.53. The van der Waals surface area contributed by atoms with Crippen molar-refractivity contribution >= 4 is 26.9 Å². The minimum absolute atomic E-state index is 0.244. The van der Waals surface area contributed by atoms with Crippen molar-refractivity contribution in [3.8, 4) is 0 Å². The number of anilines is 2. The fourth-order valence-electron chi connectivity index (χ4n) is 2.54. The van der Waals surface area contributed by atoms with Gasteiger partial charge in [0.1, 0.15) is 0 Å². The summed E-state index contributed by atoms with van der Waals surface area (Å²) >= 11 is 0. The smallest absolute Gasteiger partial charge is 0.206 e. The zero-order chi connectivity index (χ0) is 19.4. The molecule has 0 heterocycles. The van der Waals surface area contributed by atoms with E-state index in [0.717, 1.165) is 16.8 Å². The van der Waals surface area contributed by atoms with Crippen LogP contribution in [0.5, 0.6) is 0 Å². The third-order valence-corrected chi connectivity index (χ3v) is 5.94. The van der Waals surface area contributed by atoms with Gasteiger partial charge in [-0.25, -0.2) is 8.42 Å². The molecule has 0 aliphatic carbocycles. The molecule has 0 saturated heterocycles. The monoisotopic (exact) mass is 379 g/mol. The maximum atomic E-state index is 12.7. The van der Waals surface area contributed by atoms with Gasteiger partial charge < -0.3 is 5.73 Å². The lowest BCUT2D eigenvalue weighted by atomic mass is 10.1. The van der Waals surface area contributed by atoms with Crippen LogP contribution in [-0.4, -0.2) is 14.1 Å². The summed E-state index contributed by atoms with van der Waals surface area (Å²) in [5.74, 6) is 0. The Morgan fingerprint density at radius 3 is 2.11 bits per heavy atom. The Balaban J connectivity index is 1.77. The van der Waals surface area contributed by atoms with Crippen molar-refractivity contribution in [2.24, 2.45) is 5.10 Å². The number of nitrogens with two attached hydrogens (primary N) is 1. The predicted molar refractivity (Wildman–Crippen MR) is 110 cm³/mol. The fraction of sp³-hybridized carbons (Fsp3) is 0.0952. The molecule has 0 radical (unpaired) electrons. The molecule has 6 heteroatoms. The van der Waals surface area contributed by atoms with Crippen LogP contribution in [-0.2, 0) is 9.84 Å². The molecule has 3 N–H and O–H groups in total. The summed E-state index contributed by atoms with van der Waals surface area (Å²) in [6.45, 7) is 3.79. The highest BCUT2D eigenvalue weighted by atomic mass is 32.2. The SMILES string of the molecule is C/C(=N/Nc1ccc(S(=O)(=O)c2ccc(C)cc2)cc1)c1cccc(N)c1. The number of nitrogens with zero attached hydrogens (tertiary/aromatic N) is 1. The molecule has 0 amide bonds. The van der Waals surface area contributed by atoms with Crippen LogP contribution in [0.1, 0.15) is 18.1 Å². The molecular weight excluding hydrogens is 358 g/mol. The van der Waals surface area contributed by atoms with Gasteiger partial charge in [0, 0.05) is 5.69 Å². The molecule has 0 spiro atoms. The van der Waals surface area contributed by atoms with Gasteiger partial charge in [0.2, 0.25) is 9.84 Å². The van der Waals surface area contributed by atoms with E-state index < -0.39 is 9.84 Å². The zero-order valence-corrected chi connectivity index (χ0v) is 16.0. The van der Waals surface area contributed by atoms with Gasteiger partial charge in [-0.05, 0) is 67.9 Å². The average Bonchev–Trinajstić information content (AvgIpc) is 2.67. The van der Waals surface area contributed by atoms with Crippen LogP contribution in [0.25, 0.3) is 0 Å². The van der Waals surface area contributed by atoms with Gasteiger partial charge in [-0.3, -0.25) is 5.43 Å². The predicted octanol–water partition coefficient (Wildman–Crippen LogP) is 4.25. The van der Waals surface area contributed by atoms with Gasteiger partial charge in [0.15, 0.2) is 0 Å². The quantitative estimate of drug-likeness (QED) is 0.394. The highest BCUT2D eigenvalue weighted by Crippen LogP contribution is 2.22. The van der Waals surface area contributed by atoms with Crippen molar-refractivity contribution < 1.29 is 8.42 Å². The fourth-order valence-corrected chi connectivity index (χ4v) is 3.80. The molecule has 0 unspecified atom stereocenters.